The number of methoxy groups -OCH3 is 2. The normalized spacial score (nSPS) is 11.5. The van der Waals surface area contributed by atoms with Crippen LogP contribution in [-0.2, 0) is 21.3 Å². The molecule has 4 rings (SSSR count). The van der Waals surface area contributed by atoms with E-state index in [0.717, 1.165) is 39.7 Å². The first-order valence-corrected chi connectivity index (χ1v) is 12.8. The Hall–Kier alpha value is -3.63. The second-order valence-corrected chi connectivity index (χ2v) is 9.75. The van der Waals surface area contributed by atoms with Gasteiger partial charge in [0, 0.05) is 72.1 Å². The fourth-order valence-corrected chi connectivity index (χ4v) is 4.22. The lowest BCUT2D eigenvalue weighted by Crippen LogP contribution is -2.20. The molecular formula is C25H28N4O5S. The summed E-state index contributed by atoms with van der Waals surface area (Å²) in [5.41, 5.74) is 4.58. The molecule has 0 unspecified atom stereocenters. The van der Waals surface area contributed by atoms with Crippen molar-refractivity contribution in [3.63, 3.8) is 0 Å². The number of anilines is 2. The smallest absolute Gasteiger partial charge is 0.264 e. The molecule has 9 nitrogen and oxygen atoms in total. The Bertz CT molecular complexity index is 1410. The van der Waals surface area contributed by atoms with Gasteiger partial charge in [-0.25, -0.2) is 0 Å². The van der Waals surface area contributed by atoms with Gasteiger partial charge < -0.3 is 14.4 Å². The van der Waals surface area contributed by atoms with Gasteiger partial charge in [-0.15, -0.1) is 0 Å². The van der Waals surface area contributed by atoms with Crippen molar-refractivity contribution in [1.82, 2.24) is 14.8 Å². The van der Waals surface area contributed by atoms with Gasteiger partial charge in [-0.2, -0.15) is 13.5 Å². The maximum absolute atomic E-state index is 11.4. The minimum absolute atomic E-state index is 0.0801. The lowest BCUT2D eigenvalue weighted by molar-refractivity contribution is 0.318. The first kappa shape index (κ1) is 24.5. The van der Waals surface area contributed by atoms with Crippen molar-refractivity contribution in [2.24, 2.45) is 7.05 Å². The maximum atomic E-state index is 11.4. The molecule has 0 spiro atoms. The van der Waals surface area contributed by atoms with Gasteiger partial charge in [-0.3, -0.25) is 13.8 Å². The summed E-state index contributed by atoms with van der Waals surface area (Å²) in [5.74, 6) is 1.30. The Kier molecular flexibility index (Phi) is 7.23. The molecule has 0 saturated heterocycles. The van der Waals surface area contributed by atoms with Gasteiger partial charge in [0.2, 0.25) is 0 Å². The van der Waals surface area contributed by atoms with Crippen molar-refractivity contribution < 1.29 is 22.1 Å². The summed E-state index contributed by atoms with van der Waals surface area (Å²) < 4.78 is 40.4. The Morgan fingerprint density at radius 1 is 0.943 bits per heavy atom. The number of aryl methyl sites for hydroxylation is 1. The zero-order valence-corrected chi connectivity index (χ0v) is 20.9. The van der Waals surface area contributed by atoms with Crippen LogP contribution >= 0.6 is 0 Å². The van der Waals surface area contributed by atoms with Crippen LogP contribution in [0.2, 0.25) is 0 Å². The third-order valence-electron chi connectivity index (χ3n) is 5.49. The molecule has 0 amide bonds. The van der Waals surface area contributed by atoms with Gasteiger partial charge in [0.1, 0.15) is 11.5 Å². The fraction of sp³-hybridized carbons (Fsp3) is 0.280. The minimum atomic E-state index is -3.50. The fourth-order valence-electron chi connectivity index (χ4n) is 3.80. The first-order chi connectivity index (χ1) is 16.8. The lowest BCUT2D eigenvalue weighted by Gasteiger charge is -2.26. The molecule has 0 atom stereocenters. The van der Waals surface area contributed by atoms with E-state index in [1.54, 1.807) is 25.0 Å². The van der Waals surface area contributed by atoms with Crippen molar-refractivity contribution in [2.45, 2.75) is 6.42 Å². The van der Waals surface area contributed by atoms with E-state index >= 15 is 0 Å². The standard InChI is InChI=1S/C25H28N4O5S/c1-28-17-20(16-27-28)19-10-18-11-21(6-7-25(18)26-15-19)29(8-5-9-34-35(4,30)31)22-12-23(32-2)14-24(13-22)33-3/h6-7,10-17H,5,8-9H2,1-4H3. The molecule has 2 heterocycles. The molecule has 184 valence electrons. The molecule has 0 saturated carbocycles. The van der Waals surface area contributed by atoms with Gasteiger partial charge in [0.05, 0.1) is 38.8 Å². The summed E-state index contributed by atoms with van der Waals surface area (Å²) in [6, 6.07) is 13.7. The number of nitrogens with zero attached hydrogens (tertiary/aromatic N) is 4. The zero-order valence-electron chi connectivity index (χ0n) is 20.1. The molecule has 35 heavy (non-hydrogen) atoms. The van der Waals surface area contributed by atoms with Gasteiger partial charge in [0.25, 0.3) is 10.1 Å². The number of rotatable bonds is 10. The topological polar surface area (TPSA) is 95.8 Å². The van der Waals surface area contributed by atoms with Gasteiger partial charge >= 0.3 is 0 Å². The average Bonchev–Trinajstić information content (AvgIpc) is 3.28. The molecule has 0 aliphatic heterocycles. The number of fused-ring (bicyclic) bond motifs is 1. The van der Waals surface area contributed by atoms with Crippen molar-refractivity contribution in [3.05, 3.63) is 61.1 Å². The largest absolute Gasteiger partial charge is 0.497 e. The predicted molar refractivity (Wildman–Crippen MR) is 136 cm³/mol. The molecule has 2 aromatic carbocycles. The number of pyridine rings is 1. The molecule has 0 fully saturated rings. The Morgan fingerprint density at radius 2 is 1.69 bits per heavy atom. The van der Waals surface area contributed by atoms with Crippen LogP contribution in [0, 0.1) is 0 Å². The molecule has 4 aromatic rings. The highest BCUT2D eigenvalue weighted by Crippen LogP contribution is 2.34. The van der Waals surface area contributed by atoms with Gasteiger partial charge in [-0.05, 0) is 30.7 Å². The van der Waals surface area contributed by atoms with Crippen molar-refractivity contribution in [3.8, 4) is 22.6 Å². The van der Waals surface area contributed by atoms with E-state index in [4.69, 9.17) is 13.7 Å². The molecular weight excluding hydrogens is 468 g/mol. The zero-order chi connectivity index (χ0) is 25.0. The van der Waals surface area contributed by atoms with E-state index < -0.39 is 10.1 Å². The van der Waals surface area contributed by atoms with Crippen LogP contribution in [0.15, 0.2) is 61.1 Å². The third-order valence-corrected chi connectivity index (χ3v) is 6.08. The van der Waals surface area contributed by atoms with E-state index in [9.17, 15) is 8.42 Å². The van der Waals surface area contributed by atoms with Crippen molar-refractivity contribution >= 4 is 32.4 Å². The monoisotopic (exact) mass is 496 g/mol. The van der Waals surface area contributed by atoms with Crippen LogP contribution in [0.25, 0.3) is 22.0 Å². The third kappa shape index (κ3) is 6.09. The van der Waals surface area contributed by atoms with Gasteiger partial charge in [-0.1, -0.05) is 0 Å². The number of aromatic nitrogens is 3. The second kappa shape index (κ2) is 10.3. The summed E-state index contributed by atoms with van der Waals surface area (Å²) in [7, 11) is 1.58. The molecule has 0 radical (unpaired) electrons. The van der Waals surface area contributed by atoms with Crippen LogP contribution in [0.5, 0.6) is 11.5 Å². The van der Waals surface area contributed by atoms with E-state index in [1.807, 2.05) is 49.9 Å². The van der Waals surface area contributed by atoms with Crippen molar-refractivity contribution in [2.75, 3.05) is 38.5 Å². The number of hydrogen-bond donors (Lipinski definition) is 0. The summed E-state index contributed by atoms with van der Waals surface area (Å²) in [6.45, 7) is 0.587. The van der Waals surface area contributed by atoms with E-state index in [1.165, 1.54) is 0 Å². The molecule has 0 bridgehead atoms. The molecule has 0 N–H and O–H groups in total. The predicted octanol–water partition coefficient (Wildman–Crippen LogP) is 4.16. The molecule has 0 aliphatic carbocycles. The maximum Gasteiger partial charge on any atom is 0.264 e. The van der Waals surface area contributed by atoms with Crippen LogP contribution in [0.4, 0.5) is 11.4 Å². The highest BCUT2D eigenvalue weighted by atomic mass is 32.2. The van der Waals surface area contributed by atoms with E-state index in [2.05, 4.69) is 27.1 Å². The van der Waals surface area contributed by atoms with E-state index in [0.29, 0.717) is 24.5 Å². The summed E-state index contributed by atoms with van der Waals surface area (Å²) in [6.07, 6.45) is 7.13. The second-order valence-electron chi connectivity index (χ2n) is 8.11. The van der Waals surface area contributed by atoms with Crippen LogP contribution in [0.3, 0.4) is 0 Å². The van der Waals surface area contributed by atoms with Crippen molar-refractivity contribution in [1.29, 1.82) is 0 Å². The number of hydrogen-bond acceptors (Lipinski definition) is 8. The molecule has 10 heteroatoms. The Morgan fingerprint density at radius 3 is 2.31 bits per heavy atom. The number of ether oxygens (including phenoxy) is 2. The van der Waals surface area contributed by atoms with Crippen LogP contribution in [0.1, 0.15) is 6.42 Å². The highest BCUT2D eigenvalue weighted by Gasteiger charge is 2.15. The summed E-state index contributed by atoms with van der Waals surface area (Å²) in [4.78, 5) is 6.69. The quantitative estimate of drug-likeness (QED) is 0.239. The van der Waals surface area contributed by atoms with E-state index in [-0.39, 0.29) is 6.61 Å². The van der Waals surface area contributed by atoms with Crippen LogP contribution < -0.4 is 14.4 Å². The average molecular weight is 497 g/mol. The number of benzene rings is 2. The first-order valence-electron chi connectivity index (χ1n) is 11.0. The summed E-state index contributed by atoms with van der Waals surface area (Å²) >= 11 is 0. The Balaban J connectivity index is 1.73. The Labute approximate surface area is 205 Å². The summed E-state index contributed by atoms with van der Waals surface area (Å²) in [5, 5.41) is 5.22. The van der Waals surface area contributed by atoms with Crippen LogP contribution in [-0.4, -0.2) is 56.8 Å². The SMILES string of the molecule is COc1cc(OC)cc(N(CCCOS(C)(=O)=O)c2ccc3ncc(-c4cnn(C)c4)cc3c2)c1. The lowest BCUT2D eigenvalue weighted by atomic mass is 10.1. The molecule has 0 aliphatic rings. The highest BCUT2D eigenvalue weighted by molar-refractivity contribution is 7.85. The van der Waals surface area contributed by atoms with Gasteiger partial charge in [0.15, 0.2) is 0 Å². The molecule has 2 aromatic heterocycles. The minimum Gasteiger partial charge on any atom is -0.497 e.